The monoisotopic (exact) mass is 462 g/mol. The molecule has 0 atom stereocenters. The second kappa shape index (κ2) is 9.17. The number of sulfonamides is 1. The zero-order chi connectivity index (χ0) is 23.4. The number of anilines is 2. The number of benzene rings is 3. The molecule has 0 saturated heterocycles. The van der Waals surface area contributed by atoms with Gasteiger partial charge in [-0.25, -0.2) is 8.42 Å². The first kappa shape index (κ1) is 22.1. The Bertz CT molecular complexity index is 1370. The first-order chi connectivity index (χ1) is 15.9. The van der Waals surface area contributed by atoms with Gasteiger partial charge in [-0.3, -0.25) is 14.2 Å². The average molecular weight is 463 g/mol. The third-order valence-electron chi connectivity index (χ3n) is 5.11. The van der Waals surface area contributed by atoms with E-state index in [0.717, 1.165) is 5.56 Å². The van der Waals surface area contributed by atoms with Gasteiger partial charge in [0.15, 0.2) is 5.82 Å². The van der Waals surface area contributed by atoms with Crippen LogP contribution in [0, 0.1) is 0 Å². The number of nitrogens with one attached hydrogen (secondary N) is 2. The van der Waals surface area contributed by atoms with Crippen LogP contribution in [0.2, 0.25) is 0 Å². The molecule has 8 nitrogen and oxygen atoms in total. The van der Waals surface area contributed by atoms with Crippen LogP contribution in [0.25, 0.3) is 11.3 Å². The van der Waals surface area contributed by atoms with Crippen LogP contribution in [0.1, 0.15) is 10.4 Å². The van der Waals surface area contributed by atoms with Crippen LogP contribution < -0.4 is 14.4 Å². The summed E-state index contributed by atoms with van der Waals surface area (Å²) in [6.07, 6.45) is 0. The molecule has 4 aromatic rings. The largest absolute Gasteiger partial charge is 0.496 e. The van der Waals surface area contributed by atoms with Crippen molar-refractivity contribution in [1.29, 1.82) is 0 Å². The summed E-state index contributed by atoms with van der Waals surface area (Å²) in [6.45, 7) is 0. The lowest BCUT2D eigenvalue weighted by Crippen LogP contribution is -2.26. The summed E-state index contributed by atoms with van der Waals surface area (Å²) in [5.74, 6) is 0.603. The van der Waals surface area contributed by atoms with E-state index in [1.165, 1.54) is 35.6 Å². The second-order valence-corrected chi connectivity index (χ2v) is 9.12. The van der Waals surface area contributed by atoms with Crippen LogP contribution in [-0.2, 0) is 10.0 Å². The number of rotatable bonds is 7. The molecule has 0 aliphatic carbocycles. The summed E-state index contributed by atoms with van der Waals surface area (Å²) < 4.78 is 32.3. The predicted molar refractivity (Wildman–Crippen MR) is 127 cm³/mol. The molecule has 0 aliphatic heterocycles. The number of carbonyl (C=O) groups excluding carboxylic acids is 1. The van der Waals surface area contributed by atoms with Gasteiger partial charge < -0.3 is 10.1 Å². The second-order valence-electron chi connectivity index (χ2n) is 7.15. The molecule has 0 aliphatic rings. The Hall–Kier alpha value is -4.11. The van der Waals surface area contributed by atoms with Gasteiger partial charge in [-0.05, 0) is 48.5 Å². The first-order valence-electron chi connectivity index (χ1n) is 10.0. The Morgan fingerprint density at radius 2 is 1.64 bits per heavy atom. The van der Waals surface area contributed by atoms with Gasteiger partial charge in [-0.1, -0.05) is 30.3 Å². The van der Waals surface area contributed by atoms with Crippen LogP contribution in [0.5, 0.6) is 5.75 Å². The maximum absolute atomic E-state index is 12.9. The third kappa shape index (κ3) is 4.58. The number of carbonyl (C=O) groups is 1. The summed E-state index contributed by atoms with van der Waals surface area (Å²) in [6, 6.07) is 23.7. The number of aromatic amines is 1. The Balaban J connectivity index is 1.49. The highest BCUT2D eigenvalue weighted by Crippen LogP contribution is 2.29. The summed E-state index contributed by atoms with van der Waals surface area (Å²) in [5.41, 5.74) is 2.35. The van der Waals surface area contributed by atoms with Gasteiger partial charge in [0, 0.05) is 24.2 Å². The highest BCUT2D eigenvalue weighted by Gasteiger charge is 2.21. The summed E-state index contributed by atoms with van der Waals surface area (Å²) in [5, 5.41) is 9.72. The van der Waals surface area contributed by atoms with Crippen molar-refractivity contribution < 1.29 is 17.9 Å². The number of hydrogen-bond acceptors (Lipinski definition) is 5. The van der Waals surface area contributed by atoms with Crippen LogP contribution in [0.3, 0.4) is 0 Å². The maximum atomic E-state index is 12.9. The van der Waals surface area contributed by atoms with Gasteiger partial charge >= 0.3 is 0 Å². The van der Waals surface area contributed by atoms with E-state index < -0.39 is 15.9 Å². The highest BCUT2D eigenvalue weighted by molar-refractivity contribution is 7.92. The van der Waals surface area contributed by atoms with E-state index in [-0.39, 0.29) is 4.90 Å². The highest BCUT2D eigenvalue weighted by atomic mass is 32.2. The molecule has 2 N–H and O–H groups in total. The lowest BCUT2D eigenvalue weighted by Gasteiger charge is -2.19. The van der Waals surface area contributed by atoms with Crippen molar-refractivity contribution in [3.05, 3.63) is 90.5 Å². The molecule has 0 fully saturated rings. The number of H-pyrrole nitrogens is 1. The van der Waals surface area contributed by atoms with Crippen molar-refractivity contribution in [2.24, 2.45) is 0 Å². The summed E-state index contributed by atoms with van der Waals surface area (Å²) >= 11 is 0. The van der Waals surface area contributed by atoms with Crippen molar-refractivity contribution in [3.63, 3.8) is 0 Å². The van der Waals surface area contributed by atoms with Crippen LogP contribution in [0.15, 0.2) is 89.8 Å². The standard InChI is InChI=1S/C24H22N4O4S/c1-28(18-8-4-3-5-9-18)33(30,31)19-14-12-17(13-15-19)24(29)25-23-16-21(26-27-23)20-10-6-7-11-22(20)32-2/h3-16H,1-2H3,(H2,25,26,27,29). The number of nitrogens with zero attached hydrogens (tertiary/aromatic N) is 2. The zero-order valence-corrected chi connectivity index (χ0v) is 18.8. The Morgan fingerprint density at radius 1 is 0.970 bits per heavy atom. The Kier molecular flexibility index (Phi) is 6.14. The molecule has 4 rings (SSSR count). The molecule has 1 amide bonds. The molecule has 3 aromatic carbocycles. The summed E-state index contributed by atoms with van der Waals surface area (Å²) in [7, 11) is -0.684. The van der Waals surface area contributed by atoms with E-state index in [2.05, 4.69) is 15.5 Å². The van der Waals surface area contributed by atoms with Crippen LogP contribution in [0.4, 0.5) is 11.5 Å². The Morgan fingerprint density at radius 3 is 2.33 bits per heavy atom. The van der Waals surface area contributed by atoms with Gasteiger partial charge in [0.05, 0.1) is 23.4 Å². The number of hydrogen-bond donors (Lipinski definition) is 2. The minimum Gasteiger partial charge on any atom is -0.496 e. The number of para-hydroxylation sites is 2. The Labute approximate surface area is 191 Å². The molecule has 0 spiro atoms. The molecule has 168 valence electrons. The molecule has 0 radical (unpaired) electrons. The fourth-order valence-corrected chi connectivity index (χ4v) is 4.49. The van der Waals surface area contributed by atoms with Crippen LogP contribution >= 0.6 is 0 Å². The molecule has 1 heterocycles. The minimum atomic E-state index is -3.75. The quantitative estimate of drug-likeness (QED) is 0.429. The smallest absolute Gasteiger partial charge is 0.264 e. The third-order valence-corrected chi connectivity index (χ3v) is 6.91. The molecule has 1 aromatic heterocycles. The predicted octanol–water partition coefficient (Wildman–Crippen LogP) is 4.16. The fraction of sp³-hybridized carbons (Fsp3) is 0.0833. The van der Waals surface area contributed by atoms with Crippen LogP contribution in [-0.4, -0.2) is 38.7 Å². The van der Waals surface area contributed by atoms with E-state index in [4.69, 9.17) is 4.74 Å². The van der Waals surface area contributed by atoms with Crippen molar-refractivity contribution in [1.82, 2.24) is 10.2 Å². The normalized spacial score (nSPS) is 11.1. The van der Waals surface area contributed by atoms with Crippen molar-refractivity contribution in [3.8, 4) is 17.0 Å². The fourth-order valence-electron chi connectivity index (χ4n) is 3.29. The molecule has 9 heteroatoms. The van der Waals surface area contributed by atoms with E-state index in [9.17, 15) is 13.2 Å². The average Bonchev–Trinajstić information content (AvgIpc) is 3.32. The van der Waals surface area contributed by atoms with E-state index >= 15 is 0 Å². The maximum Gasteiger partial charge on any atom is 0.264 e. The van der Waals surface area contributed by atoms with Gasteiger partial charge in [0.2, 0.25) is 0 Å². The zero-order valence-electron chi connectivity index (χ0n) is 18.0. The van der Waals surface area contributed by atoms with Gasteiger partial charge in [-0.15, -0.1) is 0 Å². The first-order valence-corrected chi connectivity index (χ1v) is 11.5. The molecular formula is C24H22N4O4S. The van der Waals surface area contributed by atoms with Gasteiger partial charge in [-0.2, -0.15) is 5.10 Å². The van der Waals surface area contributed by atoms with Crippen molar-refractivity contribution >= 4 is 27.4 Å². The van der Waals surface area contributed by atoms with E-state index in [0.29, 0.717) is 28.5 Å². The van der Waals surface area contributed by atoms with Crippen molar-refractivity contribution in [2.75, 3.05) is 23.8 Å². The van der Waals surface area contributed by atoms with Gasteiger partial charge in [0.1, 0.15) is 5.75 Å². The van der Waals surface area contributed by atoms with Gasteiger partial charge in [0.25, 0.3) is 15.9 Å². The minimum absolute atomic E-state index is 0.0867. The number of aromatic nitrogens is 2. The number of methoxy groups -OCH3 is 1. The van der Waals surface area contributed by atoms with E-state index in [1.807, 2.05) is 30.3 Å². The lowest BCUT2D eigenvalue weighted by atomic mass is 10.1. The molecule has 33 heavy (non-hydrogen) atoms. The van der Waals surface area contributed by atoms with Crippen molar-refractivity contribution in [2.45, 2.75) is 4.90 Å². The molecule has 0 unspecified atom stereocenters. The SMILES string of the molecule is COc1ccccc1-c1cc(NC(=O)c2ccc(S(=O)(=O)N(C)c3ccccc3)cc2)n[nH]1. The topological polar surface area (TPSA) is 104 Å². The summed E-state index contributed by atoms with van der Waals surface area (Å²) in [4.78, 5) is 12.7. The lowest BCUT2D eigenvalue weighted by molar-refractivity contribution is 0.102. The molecular weight excluding hydrogens is 440 g/mol. The van der Waals surface area contributed by atoms with E-state index in [1.54, 1.807) is 37.4 Å². The number of amides is 1. The molecule has 0 bridgehead atoms. The molecule has 0 saturated carbocycles. The number of ether oxygens (including phenoxy) is 1.